The molecule has 1 aromatic rings. The summed E-state index contributed by atoms with van der Waals surface area (Å²) in [4.78, 5) is 11.7. The summed E-state index contributed by atoms with van der Waals surface area (Å²) in [5.74, 6) is 0.208. The molecule has 0 radical (unpaired) electrons. The summed E-state index contributed by atoms with van der Waals surface area (Å²) in [5, 5.41) is 6.33. The van der Waals surface area contributed by atoms with Gasteiger partial charge in [-0.3, -0.25) is 0 Å². The second kappa shape index (κ2) is 4.58. The topological polar surface area (TPSA) is 63.5 Å². The minimum Gasteiger partial charge on any atom is -0.467 e. The first kappa shape index (κ1) is 11.7. The lowest BCUT2D eigenvalue weighted by Gasteiger charge is -2.27. The minimum atomic E-state index is -0.411. The maximum absolute atomic E-state index is 11.7. The lowest BCUT2D eigenvalue weighted by atomic mass is 10.0. The Morgan fingerprint density at radius 3 is 2.94 bits per heavy atom. The highest BCUT2D eigenvalue weighted by atomic mass is 32.1. The molecule has 1 aliphatic rings. The van der Waals surface area contributed by atoms with Crippen LogP contribution < -0.4 is 10.6 Å². The van der Waals surface area contributed by atoms with E-state index in [1.54, 1.807) is 25.3 Å². The molecule has 1 atom stereocenters. The first-order valence-electron chi connectivity index (χ1n) is 5.03. The average molecular weight is 252 g/mol. The lowest BCUT2D eigenvalue weighted by molar-refractivity contribution is -0.136. The zero-order valence-electron chi connectivity index (χ0n) is 9.44. The van der Waals surface area contributed by atoms with Crippen molar-refractivity contribution in [2.75, 3.05) is 7.11 Å². The van der Waals surface area contributed by atoms with Gasteiger partial charge in [-0.2, -0.15) is 0 Å². The SMILES string of the molecule is COC(=O)C1=C(C)NC(=S)N[C@H]1c1ccco1. The van der Waals surface area contributed by atoms with Crippen LogP contribution in [0.2, 0.25) is 0 Å². The fourth-order valence-electron chi connectivity index (χ4n) is 1.74. The van der Waals surface area contributed by atoms with E-state index in [0.717, 1.165) is 0 Å². The van der Waals surface area contributed by atoms with Crippen LogP contribution >= 0.6 is 12.2 Å². The molecule has 0 amide bonds. The maximum Gasteiger partial charge on any atom is 0.338 e. The number of carbonyl (C=O) groups excluding carboxylic acids is 1. The third-order valence-corrected chi connectivity index (χ3v) is 2.72. The second-order valence-corrected chi connectivity index (χ2v) is 3.99. The minimum absolute atomic E-state index is 0.411. The summed E-state index contributed by atoms with van der Waals surface area (Å²) in [6.45, 7) is 1.77. The number of thiocarbonyl (C=S) groups is 1. The van der Waals surface area contributed by atoms with Gasteiger partial charge in [0.2, 0.25) is 0 Å². The van der Waals surface area contributed by atoms with Gasteiger partial charge in [0.25, 0.3) is 0 Å². The molecule has 0 saturated heterocycles. The molecule has 0 spiro atoms. The van der Waals surface area contributed by atoms with E-state index in [-0.39, 0.29) is 0 Å². The van der Waals surface area contributed by atoms with Gasteiger partial charge in [-0.05, 0) is 31.3 Å². The molecule has 17 heavy (non-hydrogen) atoms. The Morgan fingerprint density at radius 1 is 1.59 bits per heavy atom. The van der Waals surface area contributed by atoms with Crippen molar-refractivity contribution >= 4 is 23.3 Å². The van der Waals surface area contributed by atoms with E-state index in [2.05, 4.69) is 10.6 Å². The molecule has 2 heterocycles. The van der Waals surface area contributed by atoms with E-state index < -0.39 is 12.0 Å². The number of rotatable bonds is 2. The van der Waals surface area contributed by atoms with Gasteiger partial charge in [-0.25, -0.2) is 4.79 Å². The summed E-state index contributed by atoms with van der Waals surface area (Å²) in [6, 6.07) is 3.12. The molecule has 0 bridgehead atoms. The van der Waals surface area contributed by atoms with Crippen molar-refractivity contribution in [1.29, 1.82) is 0 Å². The van der Waals surface area contributed by atoms with Crippen LogP contribution in [0.15, 0.2) is 34.1 Å². The Morgan fingerprint density at radius 2 is 2.35 bits per heavy atom. The summed E-state index contributed by atoms with van der Waals surface area (Å²) in [6.07, 6.45) is 1.55. The quantitative estimate of drug-likeness (QED) is 0.610. The third-order valence-electron chi connectivity index (χ3n) is 2.50. The van der Waals surface area contributed by atoms with Crippen LogP contribution in [0, 0.1) is 0 Å². The van der Waals surface area contributed by atoms with E-state index in [1.165, 1.54) is 7.11 Å². The van der Waals surface area contributed by atoms with Crippen LogP contribution in [0.25, 0.3) is 0 Å². The highest BCUT2D eigenvalue weighted by molar-refractivity contribution is 7.80. The first-order valence-corrected chi connectivity index (χ1v) is 5.44. The number of nitrogens with one attached hydrogen (secondary N) is 2. The standard InChI is InChI=1S/C11H12N2O3S/c1-6-8(10(14)15-2)9(13-11(17)12-6)7-4-3-5-16-7/h3-5,9H,1-2H3,(H2,12,13,17)/t9-/m0/s1. The molecule has 0 aromatic carbocycles. The van der Waals surface area contributed by atoms with Gasteiger partial charge in [-0.15, -0.1) is 0 Å². The van der Waals surface area contributed by atoms with Crippen molar-refractivity contribution in [3.05, 3.63) is 35.4 Å². The predicted octanol–water partition coefficient (Wildman–Crippen LogP) is 1.25. The second-order valence-electron chi connectivity index (χ2n) is 3.58. The van der Waals surface area contributed by atoms with E-state index in [9.17, 15) is 4.79 Å². The fraction of sp³-hybridized carbons (Fsp3) is 0.273. The first-order chi connectivity index (χ1) is 8.13. The molecule has 2 N–H and O–H groups in total. The zero-order valence-corrected chi connectivity index (χ0v) is 10.3. The Hall–Kier alpha value is -1.82. The third kappa shape index (κ3) is 2.16. The highest BCUT2D eigenvalue weighted by Gasteiger charge is 2.32. The number of carbonyl (C=O) groups is 1. The fourth-order valence-corrected chi connectivity index (χ4v) is 2.01. The van der Waals surface area contributed by atoms with Gasteiger partial charge in [0.1, 0.15) is 11.8 Å². The predicted molar refractivity (Wildman–Crippen MR) is 65.0 cm³/mol. The molecule has 6 heteroatoms. The van der Waals surface area contributed by atoms with Crippen LogP contribution in [-0.2, 0) is 9.53 Å². The molecule has 2 rings (SSSR count). The van der Waals surface area contributed by atoms with Crippen LogP contribution in [0.3, 0.4) is 0 Å². The van der Waals surface area contributed by atoms with Gasteiger partial charge >= 0.3 is 5.97 Å². The highest BCUT2D eigenvalue weighted by Crippen LogP contribution is 2.27. The number of allylic oxidation sites excluding steroid dienone is 1. The Bertz CT molecular complexity index is 479. The molecular formula is C11H12N2O3S. The normalized spacial score (nSPS) is 19.6. The van der Waals surface area contributed by atoms with Gasteiger partial charge < -0.3 is 19.8 Å². The van der Waals surface area contributed by atoms with Crippen molar-refractivity contribution in [3.8, 4) is 0 Å². The van der Waals surface area contributed by atoms with Crippen LogP contribution in [0.4, 0.5) is 0 Å². The Labute approximate surface area is 104 Å². The molecule has 1 aromatic heterocycles. The molecule has 0 saturated carbocycles. The molecule has 0 unspecified atom stereocenters. The van der Waals surface area contributed by atoms with Gasteiger partial charge in [0.15, 0.2) is 5.11 Å². The van der Waals surface area contributed by atoms with Crippen LogP contribution in [0.1, 0.15) is 18.7 Å². The van der Waals surface area contributed by atoms with Crippen molar-refractivity contribution in [3.63, 3.8) is 0 Å². The van der Waals surface area contributed by atoms with Crippen molar-refractivity contribution in [1.82, 2.24) is 10.6 Å². The van der Waals surface area contributed by atoms with Crippen molar-refractivity contribution in [2.24, 2.45) is 0 Å². The van der Waals surface area contributed by atoms with Crippen molar-refractivity contribution in [2.45, 2.75) is 13.0 Å². The smallest absolute Gasteiger partial charge is 0.338 e. The maximum atomic E-state index is 11.7. The van der Waals surface area contributed by atoms with E-state index in [1.807, 2.05) is 0 Å². The van der Waals surface area contributed by atoms with E-state index in [0.29, 0.717) is 22.1 Å². The number of hydrogen-bond acceptors (Lipinski definition) is 4. The van der Waals surface area contributed by atoms with E-state index in [4.69, 9.17) is 21.4 Å². The average Bonchev–Trinajstić information content (AvgIpc) is 2.80. The van der Waals surface area contributed by atoms with E-state index >= 15 is 0 Å². The summed E-state index contributed by atoms with van der Waals surface area (Å²) < 4.78 is 10.1. The van der Waals surface area contributed by atoms with Gasteiger partial charge in [0.05, 0.1) is 18.9 Å². The summed E-state index contributed by atoms with van der Waals surface area (Å²) in [5.41, 5.74) is 1.14. The van der Waals surface area contributed by atoms with Crippen molar-refractivity contribution < 1.29 is 13.9 Å². The molecule has 90 valence electrons. The number of ether oxygens (including phenoxy) is 1. The largest absolute Gasteiger partial charge is 0.467 e. The monoisotopic (exact) mass is 252 g/mol. The number of furan rings is 1. The number of hydrogen-bond donors (Lipinski definition) is 2. The molecule has 5 nitrogen and oxygen atoms in total. The summed E-state index contributed by atoms with van der Waals surface area (Å²) in [7, 11) is 1.34. The Kier molecular flexibility index (Phi) is 3.14. The van der Waals surface area contributed by atoms with Gasteiger partial charge in [-0.1, -0.05) is 0 Å². The Balaban J connectivity index is 2.44. The molecular weight excluding hydrogens is 240 g/mol. The van der Waals surface area contributed by atoms with Gasteiger partial charge in [0, 0.05) is 5.70 Å². The molecule has 0 fully saturated rings. The van der Waals surface area contributed by atoms with Crippen LogP contribution in [-0.4, -0.2) is 18.2 Å². The zero-order chi connectivity index (χ0) is 12.4. The molecule has 0 aliphatic carbocycles. The van der Waals surface area contributed by atoms with Crippen LogP contribution in [0.5, 0.6) is 0 Å². The number of esters is 1. The number of methoxy groups -OCH3 is 1. The summed E-state index contributed by atoms with van der Waals surface area (Å²) >= 11 is 5.06. The molecule has 1 aliphatic heterocycles. The lowest BCUT2D eigenvalue weighted by Crippen LogP contribution is -2.44.